The zero-order valence-electron chi connectivity index (χ0n) is 14.5. The molecule has 0 spiro atoms. The molecule has 3 heterocycles. The number of thiazole rings is 1. The first-order valence-electron chi connectivity index (χ1n) is 8.86. The largest absolute Gasteiger partial charge is 0.355 e. The Labute approximate surface area is 166 Å². The first kappa shape index (κ1) is 19.3. The first-order chi connectivity index (χ1) is 12.6. The minimum absolute atomic E-state index is 0.102. The van der Waals surface area contributed by atoms with E-state index in [2.05, 4.69) is 10.3 Å². The number of hydrogen-bond donors (Lipinski definition) is 1. The summed E-state index contributed by atoms with van der Waals surface area (Å²) >= 11 is 8.93. The highest BCUT2D eigenvalue weighted by Gasteiger charge is 2.16. The second-order valence-corrected chi connectivity index (χ2v) is 8.89. The van der Waals surface area contributed by atoms with E-state index in [1.807, 2.05) is 22.4 Å². The van der Waals surface area contributed by atoms with Crippen LogP contribution in [0, 0.1) is 0 Å². The van der Waals surface area contributed by atoms with Gasteiger partial charge in [-0.1, -0.05) is 24.4 Å². The molecule has 2 aromatic rings. The Hall–Kier alpha value is -1.44. The lowest BCUT2D eigenvalue weighted by Gasteiger charge is -2.20. The summed E-state index contributed by atoms with van der Waals surface area (Å²) in [4.78, 5) is 31.7. The summed E-state index contributed by atoms with van der Waals surface area (Å²) < 4.78 is 0.726. The molecule has 1 N–H and O–H groups in total. The summed E-state index contributed by atoms with van der Waals surface area (Å²) in [5.41, 5.74) is 0.742. The molecule has 2 amide bonds. The lowest BCUT2D eigenvalue weighted by molar-refractivity contribution is -0.131. The Morgan fingerprint density at radius 3 is 2.65 bits per heavy atom. The third-order valence-corrected chi connectivity index (χ3v) is 6.59. The van der Waals surface area contributed by atoms with Gasteiger partial charge in [0.05, 0.1) is 21.3 Å². The molecule has 26 heavy (non-hydrogen) atoms. The first-order valence-corrected chi connectivity index (χ1v) is 10.9. The number of likely N-dealkylation sites (tertiary alicyclic amines) is 1. The van der Waals surface area contributed by atoms with Crippen LogP contribution in [0.15, 0.2) is 17.5 Å². The Kier molecular flexibility index (Phi) is 7.05. The van der Waals surface area contributed by atoms with Crippen LogP contribution < -0.4 is 5.32 Å². The summed E-state index contributed by atoms with van der Waals surface area (Å²) in [6.07, 6.45) is 5.16. The SMILES string of the molecule is O=C(Cc1csc(-c2ccc(Cl)s2)n1)NCCC(=O)N1CCCCCC1. The van der Waals surface area contributed by atoms with E-state index < -0.39 is 0 Å². The quantitative estimate of drug-likeness (QED) is 0.782. The lowest BCUT2D eigenvalue weighted by atomic mass is 10.2. The molecule has 1 saturated heterocycles. The van der Waals surface area contributed by atoms with Crippen LogP contribution >= 0.6 is 34.3 Å². The van der Waals surface area contributed by atoms with Crippen molar-refractivity contribution in [3.05, 3.63) is 27.5 Å². The molecule has 0 unspecified atom stereocenters. The Morgan fingerprint density at radius 2 is 1.96 bits per heavy atom. The molecule has 2 aromatic heterocycles. The molecule has 1 fully saturated rings. The third kappa shape index (κ3) is 5.53. The van der Waals surface area contributed by atoms with Crippen LogP contribution in [0.5, 0.6) is 0 Å². The Balaban J connectivity index is 1.41. The van der Waals surface area contributed by atoms with Gasteiger partial charge in [0.15, 0.2) is 0 Å². The molecule has 0 bridgehead atoms. The second-order valence-electron chi connectivity index (χ2n) is 6.32. The van der Waals surface area contributed by atoms with Gasteiger partial charge in [0.2, 0.25) is 11.8 Å². The number of carbonyl (C=O) groups excluding carboxylic acids is 2. The monoisotopic (exact) mass is 411 g/mol. The maximum Gasteiger partial charge on any atom is 0.226 e. The summed E-state index contributed by atoms with van der Waals surface area (Å²) in [6.45, 7) is 2.08. The van der Waals surface area contributed by atoms with Crippen LogP contribution in [0.25, 0.3) is 9.88 Å². The Bertz CT molecular complexity index is 751. The number of thiophene rings is 1. The van der Waals surface area contributed by atoms with Gasteiger partial charge in [-0.3, -0.25) is 9.59 Å². The summed E-state index contributed by atoms with van der Waals surface area (Å²) in [5, 5.41) is 5.60. The molecular formula is C18H22ClN3O2S2. The van der Waals surface area contributed by atoms with Gasteiger partial charge in [-0.2, -0.15) is 0 Å². The second kappa shape index (κ2) is 9.48. The van der Waals surface area contributed by atoms with Gasteiger partial charge >= 0.3 is 0 Å². The fraction of sp³-hybridized carbons (Fsp3) is 0.500. The van der Waals surface area contributed by atoms with E-state index in [-0.39, 0.29) is 18.2 Å². The number of aromatic nitrogens is 1. The standard InChI is InChI=1S/C18H22ClN3O2S2/c19-15-6-5-14(26-15)18-21-13(12-25-18)11-16(23)20-8-7-17(24)22-9-3-1-2-4-10-22/h5-6,12H,1-4,7-11H2,(H,20,23). The molecule has 1 aliphatic heterocycles. The van der Waals surface area contributed by atoms with Gasteiger partial charge < -0.3 is 10.2 Å². The minimum Gasteiger partial charge on any atom is -0.355 e. The molecular weight excluding hydrogens is 390 g/mol. The number of halogens is 1. The van der Waals surface area contributed by atoms with E-state index in [4.69, 9.17) is 11.6 Å². The predicted octanol–water partition coefficient (Wildman–Crippen LogP) is 3.98. The van der Waals surface area contributed by atoms with E-state index in [0.29, 0.717) is 13.0 Å². The van der Waals surface area contributed by atoms with Gasteiger partial charge in [0, 0.05) is 31.4 Å². The van der Waals surface area contributed by atoms with Crippen molar-refractivity contribution in [1.82, 2.24) is 15.2 Å². The molecule has 0 atom stereocenters. The summed E-state index contributed by atoms with van der Waals surface area (Å²) in [6, 6.07) is 3.78. The maximum atomic E-state index is 12.2. The van der Waals surface area contributed by atoms with Crippen molar-refractivity contribution >= 4 is 46.1 Å². The molecule has 0 aliphatic carbocycles. The average Bonchev–Trinajstić information content (AvgIpc) is 3.15. The minimum atomic E-state index is -0.102. The van der Waals surface area contributed by atoms with Crippen LogP contribution in [0.1, 0.15) is 37.8 Å². The molecule has 140 valence electrons. The number of carbonyl (C=O) groups is 2. The highest BCUT2D eigenvalue weighted by atomic mass is 35.5. The van der Waals surface area contributed by atoms with Gasteiger partial charge in [-0.25, -0.2) is 4.98 Å². The lowest BCUT2D eigenvalue weighted by Crippen LogP contribution is -2.35. The summed E-state index contributed by atoms with van der Waals surface area (Å²) in [5.74, 6) is 0.0347. The van der Waals surface area contributed by atoms with E-state index in [9.17, 15) is 9.59 Å². The van der Waals surface area contributed by atoms with Gasteiger partial charge in [-0.15, -0.1) is 22.7 Å². The molecule has 1 aliphatic rings. The van der Waals surface area contributed by atoms with Crippen molar-refractivity contribution in [3.8, 4) is 9.88 Å². The van der Waals surface area contributed by atoms with Crippen LogP contribution in [0.3, 0.4) is 0 Å². The van der Waals surface area contributed by atoms with Gasteiger partial charge in [-0.05, 0) is 25.0 Å². The van der Waals surface area contributed by atoms with E-state index in [0.717, 1.165) is 45.8 Å². The van der Waals surface area contributed by atoms with Gasteiger partial charge in [0.25, 0.3) is 0 Å². The van der Waals surface area contributed by atoms with Crippen molar-refractivity contribution in [1.29, 1.82) is 0 Å². The highest BCUT2D eigenvalue weighted by Crippen LogP contribution is 2.32. The van der Waals surface area contributed by atoms with Gasteiger partial charge in [0.1, 0.15) is 5.01 Å². The number of nitrogens with zero attached hydrogens (tertiary/aromatic N) is 2. The number of rotatable bonds is 6. The molecule has 0 aromatic carbocycles. The van der Waals surface area contributed by atoms with Crippen molar-refractivity contribution in [2.45, 2.75) is 38.5 Å². The van der Waals surface area contributed by atoms with Crippen molar-refractivity contribution in [2.24, 2.45) is 0 Å². The average molecular weight is 412 g/mol. The van der Waals surface area contributed by atoms with Crippen LogP contribution in [-0.4, -0.2) is 41.3 Å². The number of hydrogen-bond acceptors (Lipinski definition) is 5. The molecule has 3 rings (SSSR count). The number of amides is 2. The zero-order chi connectivity index (χ0) is 18.4. The highest BCUT2D eigenvalue weighted by molar-refractivity contribution is 7.23. The maximum absolute atomic E-state index is 12.2. The fourth-order valence-corrected chi connectivity index (χ4v) is 4.88. The smallest absolute Gasteiger partial charge is 0.226 e. The Morgan fingerprint density at radius 1 is 1.19 bits per heavy atom. The molecule has 0 radical (unpaired) electrons. The van der Waals surface area contributed by atoms with Crippen LogP contribution in [-0.2, 0) is 16.0 Å². The molecule has 5 nitrogen and oxygen atoms in total. The van der Waals surface area contributed by atoms with Crippen LogP contribution in [0.2, 0.25) is 4.34 Å². The fourth-order valence-electron chi connectivity index (χ4n) is 2.94. The molecule has 0 saturated carbocycles. The van der Waals surface area contributed by atoms with Crippen molar-refractivity contribution < 1.29 is 9.59 Å². The van der Waals surface area contributed by atoms with E-state index >= 15 is 0 Å². The summed E-state index contributed by atoms with van der Waals surface area (Å²) in [7, 11) is 0. The molecule has 8 heteroatoms. The van der Waals surface area contributed by atoms with E-state index in [1.165, 1.54) is 35.5 Å². The van der Waals surface area contributed by atoms with E-state index in [1.54, 1.807) is 0 Å². The van der Waals surface area contributed by atoms with Crippen molar-refractivity contribution in [3.63, 3.8) is 0 Å². The number of nitrogens with one attached hydrogen (secondary N) is 1. The predicted molar refractivity (Wildman–Crippen MR) is 107 cm³/mol. The topological polar surface area (TPSA) is 62.3 Å². The van der Waals surface area contributed by atoms with Crippen LogP contribution in [0.4, 0.5) is 0 Å². The van der Waals surface area contributed by atoms with Crippen molar-refractivity contribution in [2.75, 3.05) is 19.6 Å². The normalized spacial score (nSPS) is 14.9. The third-order valence-electron chi connectivity index (χ3n) is 4.30. The zero-order valence-corrected chi connectivity index (χ0v) is 16.9.